The van der Waals surface area contributed by atoms with E-state index in [0.29, 0.717) is 17.5 Å². The first kappa shape index (κ1) is 32.0. The number of hydrogen-bond donors (Lipinski definition) is 3. The molecule has 5 atom stereocenters. The van der Waals surface area contributed by atoms with Crippen molar-refractivity contribution in [2.45, 2.75) is 88.7 Å². The Balaban J connectivity index is 1.34. The highest BCUT2D eigenvalue weighted by Gasteiger charge is 2.61. The molecule has 45 heavy (non-hydrogen) atoms. The van der Waals surface area contributed by atoms with Gasteiger partial charge in [0.2, 0.25) is 11.8 Å². The van der Waals surface area contributed by atoms with Gasteiger partial charge in [0.15, 0.2) is 0 Å². The number of likely N-dealkylation sites (tertiary alicyclic amines) is 1. The number of carboxylic acids is 1. The Morgan fingerprint density at radius 1 is 1.11 bits per heavy atom. The lowest BCUT2D eigenvalue weighted by atomic mass is 10.0. The third-order valence-corrected chi connectivity index (χ3v) is 9.09. The number of nitrogens with zero attached hydrogens (tertiary/aromatic N) is 2. The number of halogens is 1. The van der Waals surface area contributed by atoms with Crippen LogP contribution in [0.2, 0.25) is 0 Å². The molecule has 1 saturated heterocycles. The number of anilines is 1. The predicted octanol–water partition coefficient (Wildman–Crippen LogP) is 4.84. The van der Waals surface area contributed by atoms with E-state index < -0.39 is 53.4 Å². The summed E-state index contributed by atoms with van der Waals surface area (Å²) in [4.78, 5) is 56.0. The fourth-order valence-corrected chi connectivity index (χ4v) is 6.39. The molecule has 2 aromatic carbocycles. The van der Waals surface area contributed by atoms with Gasteiger partial charge in [-0.1, -0.05) is 69.0 Å². The van der Waals surface area contributed by atoms with Crippen molar-refractivity contribution < 1.29 is 33.4 Å². The molecule has 2 aromatic rings. The van der Waals surface area contributed by atoms with Gasteiger partial charge in [0, 0.05) is 30.1 Å². The van der Waals surface area contributed by atoms with E-state index in [4.69, 9.17) is 4.74 Å². The number of carbonyl (C=O) groups excluding carboxylic acids is 3. The Bertz CT molecular complexity index is 1440. The van der Waals surface area contributed by atoms with Crippen LogP contribution in [0.4, 0.5) is 14.9 Å². The number of hydrogen-bond acceptors (Lipinski definition) is 6. The fourth-order valence-electron chi connectivity index (χ4n) is 6.39. The van der Waals surface area contributed by atoms with Gasteiger partial charge in [-0.15, -0.1) is 6.58 Å². The van der Waals surface area contributed by atoms with Crippen molar-refractivity contribution in [3.63, 3.8) is 0 Å². The van der Waals surface area contributed by atoms with E-state index in [0.717, 1.165) is 31.4 Å². The van der Waals surface area contributed by atoms with Crippen molar-refractivity contribution >= 4 is 29.6 Å². The summed E-state index contributed by atoms with van der Waals surface area (Å²) in [6, 6.07) is 12.3. The minimum absolute atomic E-state index is 0.000803. The molecule has 3 amide bonds. The molecule has 240 valence electrons. The Morgan fingerprint density at radius 2 is 1.89 bits per heavy atom. The van der Waals surface area contributed by atoms with Crippen LogP contribution < -0.4 is 10.6 Å². The van der Waals surface area contributed by atoms with Crippen molar-refractivity contribution in [3.05, 3.63) is 78.1 Å². The van der Waals surface area contributed by atoms with Gasteiger partial charge < -0.3 is 25.4 Å². The molecule has 2 fully saturated rings. The van der Waals surface area contributed by atoms with E-state index in [1.165, 1.54) is 21.9 Å². The van der Waals surface area contributed by atoms with Crippen LogP contribution >= 0.6 is 0 Å². The Morgan fingerprint density at radius 3 is 2.56 bits per heavy atom. The SMILES string of the molecule is C=CC1CC1(NC(=O)C1CC(OC(=O)N2Cc3cccc(F)c3C2)CN1C(=O)C(CCCCCC)Nc1ccccc1)C(=O)O. The van der Waals surface area contributed by atoms with Crippen molar-refractivity contribution in [2.24, 2.45) is 5.92 Å². The first-order chi connectivity index (χ1) is 21.7. The lowest BCUT2D eigenvalue weighted by Crippen LogP contribution is -2.55. The standard InChI is InChI=1S/C34H41FN4O6/c1-3-5-6-10-16-28(36-24-13-8-7-9-14-24)31(41)39-20-25(17-29(39)30(40)37-34(32(42)43)18-23(34)4-2)45-33(44)38-19-22-12-11-15-27(35)26(22)21-38/h4,7-9,11-15,23,25,28-29,36H,2-3,5-6,10,16-21H2,1H3,(H,37,40)(H,42,43). The average Bonchev–Trinajstić information content (AvgIpc) is 3.33. The maximum atomic E-state index is 14.3. The number of benzene rings is 2. The normalized spacial score (nSPS) is 24.0. The summed E-state index contributed by atoms with van der Waals surface area (Å²) in [5.74, 6) is -2.93. The fraction of sp³-hybridized carbons (Fsp3) is 0.471. The summed E-state index contributed by atoms with van der Waals surface area (Å²) in [6.45, 7) is 6.01. The minimum atomic E-state index is -1.48. The van der Waals surface area contributed by atoms with E-state index in [-0.39, 0.29) is 38.4 Å². The highest BCUT2D eigenvalue weighted by Crippen LogP contribution is 2.45. The second kappa shape index (κ2) is 13.7. The van der Waals surface area contributed by atoms with Gasteiger partial charge in [0.1, 0.15) is 29.5 Å². The molecule has 5 rings (SSSR count). The van der Waals surface area contributed by atoms with Crippen molar-refractivity contribution in [2.75, 3.05) is 11.9 Å². The number of nitrogens with one attached hydrogen (secondary N) is 2. The molecule has 2 aliphatic heterocycles. The molecule has 0 aromatic heterocycles. The Labute approximate surface area is 262 Å². The van der Waals surface area contributed by atoms with E-state index in [1.807, 2.05) is 30.3 Å². The van der Waals surface area contributed by atoms with Gasteiger partial charge in [-0.25, -0.2) is 14.0 Å². The molecule has 0 bridgehead atoms. The Kier molecular flexibility index (Phi) is 9.74. The second-order valence-electron chi connectivity index (χ2n) is 12.2. The van der Waals surface area contributed by atoms with Crippen molar-refractivity contribution in [3.8, 4) is 0 Å². The van der Waals surface area contributed by atoms with Crippen LogP contribution in [0.5, 0.6) is 0 Å². The minimum Gasteiger partial charge on any atom is -0.479 e. The summed E-state index contributed by atoms with van der Waals surface area (Å²) in [5, 5.41) is 15.9. The van der Waals surface area contributed by atoms with Gasteiger partial charge in [-0.05, 0) is 36.6 Å². The van der Waals surface area contributed by atoms with Crippen LogP contribution in [-0.4, -0.2) is 69.1 Å². The number of ether oxygens (including phenoxy) is 1. The van der Waals surface area contributed by atoms with Gasteiger partial charge in [-0.3, -0.25) is 14.5 Å². The molecular formula is C34H41FN4O6. The maximum Gasteiger partial charge on any atom is 0.410 e. The number of fused-ring (bicyclic) bond motifs is 1. The van der Waals surface area contributed by atoms with Gasteiger partial charge in [-0.2, -0.15) is 0 Å². The van der Waals surface area contributed by atoms with Gasteiger partial charge in [0.25, 0.3) is 0 Å². The number of aliphatic carboxylic acids is 1. The number of amides is 3. The van der Waals surface area contributed by atoms with Crippen LogP contribution in [-0.2, 0) is 32.2 Å². The molecule has 10 nitrogen and oxygen atoms in total. The quantitative estimate of drug-likeness (QED) is 0.216. The topological polar surface area (TPSA) is 128 Å². The molecule has 3 N–H and O–H groups in total. The molecule has 5 unspecified atom stereocenters. The highest BCUT2D eigenvalue weighted by molar-refractivity contribution is 5.96. The van der Waals surface area contributed by atoms with E-state index >= 15 is 0 Å². The summed E-state index contributed by atoms with van der Waals surface area (Å²) in [7, 11) is 0. The molecule has 2 heterocycles. The largest absolute Gasteiger partial charge is 0.479 e. The molecular weight excluding hydrogens is 579 g/mol. The monoisotopic (exact) mass is 620 g/mol. The van der Waals surface area contributed by atoms with Gasteiger partial charge >= 0.3 is 12.1 Å². The Hall–Kier alpha value is -4.41. The second-order valence-corrected chi connectivity index (χ2v) is 12.2. The average molecular weight is 621 g/mol. The zero-order chi connectivity index (χ0) is 32.1. The zero-order valence-electron chi connectivity index (χ0n) is 25.5. The molecule has 0 radical (unpaired) electrons. The summed E-state index contributed by atoms with van der Waals surface area (Å²) < 4.78 is 20.1. The van der Waals surface area contributed by atoms with Crippen molar-refractivity contribution in [1.29, 1.82) is 0 Å². The first-order valence-electron chi connectivity index (χ1n) is 15.7. The summed E-state index contributed by atoms with van der Waals surface area (Å²) in [6.07, 6.45) is 4.56. The zero-order valence-corrected chi connectivity index (χ0v) is 25.5. The number of carboxylic acid groups (broad SMARTS) is 1. The number of para-hydroxylation sites is 1. The third kappa shape index (κ3) is 6.97. The van der Waals surface area contributed by atoms with E-state index in [1.54, 1.807) is 12.1 Å². The van der Waals surface area contributed by atoms with Crippen LogP contribution in [0.1, 0.15) is 63.0 Å². The first-order valence-corrected chi connectivity index (χ1v) is 15.7. The lowest BCUT2D eigenvalue weighted by Gasteiger charge is -2.30. The lowest BCUT2D eigenvalue weighted by molar-refractivity contribution is -0.145. The van der Waals surface area contributed by atoms with Crippen LogP contribution in [0.15, 0.2) is 61.2 Å². The molecule has 1 aliphatic carbocycles. The van der Waals surface area contributed by atoms with Crippen LogP contribution in [0, 0.1) is 11.7 Å². The maximum absolute atomic E-state index is 14.3. The molecule has 11 heteroatoms. The molecule has 3 aliphatic rings. The predicted molar refractivity (Wildman–Crippen MR) is 165 cm³/mol. The number of carbonyl (C=O) groups is 4. The number of unbranched alkanes of at least 4 members (excludes halogenated alkanes) is 3. The van der Waals surface area contributed by atoms with Crippen LogP contribution in [0.25, 0.3) is 0 Å². The summed E-state index contributed by atoms with van der Waals surface area (Å²) in [5.41, 5.74) is 0.417. The van der Waals surface area contributed by atoms with E-state index in [9.17, 15) is 28.7 Å². The smallest absolute Gasteiger partial charge is 0.410 e. The van der Waals surface area contributed by atoms with Crippen molar-refractivity contribution in [1.82, 2.24) is 15.1 Å². The third-order valence-electron chi connectivity index (χ3n) is 9.09. The molecule has 0 spiro atoms. The van der Waals surface area contributed by atoms with Crippen LogP contribution in [0.3, 0.4) is 0 Å². The number of rotatable bonds is 13. The summed E-state index contributed by atoms with van der Waals surface area (Å²) >= 11 is 0. The molecule has 1 saturated carbocycles. The van der Waals surface area contributed by atoms with E-state index in [2.05, 4.69) is 24.1 Å². The van der Waals surface area contributed by atoms with Gasteiger partial charge in [0.05, 0.1) is 13.1 Å². The highest BCUT2D eigenvalue weighted by atomic mass is 19.1.